The molecule has 0 radical (unpaired) electrons. The second kappa shape index (κ2) is 6.81. The van der Waals surface area contributed by atoms with E-state index in [0.29, 0.717) is 13.0 Å². The van der Waals surface area contributed by atoms with Crippen molar-refractivity contribution in [2.45, 2.75) is 25.1 Å². The zero-order chi connectivity index (χ0) is 11.1. The SMILES string of the molecule is CCOC(=O)[C@H](Br)[C@H](CC)C(=O)OC. The standard InChI is InChI=1S/C9H15BrO4/c1-4-6(8(11)13-3)7(10)9(12)14-5-2/h6-7H,4-5H2,1-3H3/t6-,7+/m0/s1. The van der Waals surface area contributed by atoms with Crippen LogP contribution in [0, 0.1) is 5.92 Å². The Morgan fingerprint density at radius 1 is 1.29 bits per heavy atom. The van der Waals surface area contributed by atoms with Crippen LogP contribution in [0.2, 0.25) is 0 Å². The molecule has 4 nitrogen and oxygen atoms in total. The first-order chi connectivity index (χ1) is 6.58. The lowest BCUT2D eigenvalue weighted by atomic mass is 10.0. The number of esters is 2. The van der Waals surface area contributed by atoms with Crippen LogP contribution in [0.3, 0.4) is 0 Å². The van der Waals surface area contributed by atoms with Crippen LogP contribution in [0.15, 0.2) is 0 Å². The first kappa shape index (κ1) is 13.4. The maximum absolute atomic E-state index is 11.3. The van der Waals surface area contributed by atoms with Crippen molar-refractivity contribution >= 4 is 27.9 Å². The number of alkyl halides is 1. The molecule has 5 heteroatoms. The molecular weight excluding hydrogens is 252 g/mol. The lowest BCUT2D eigenvalue weighted by Gasteiger charge is -2.16. The molecule has 2 atom stereocenters. The number of carbonyl (C=O) groups is 2. The van der Waals surface area contributed by atoms with Gasteiger partial charge in [0.15, 0.2) is 0 Å². The second-order valence-corrected chi connectivity index (χ2v) is 3.68. The third kappa shape index (κ3) is 3.65. The van der Waals surface area contributed by atoms with Gasteiger partial charge in [0.25, 0.3) is 0 Å². The predicted molar refractivity (Wildman–Crippen MR) is 55.1 cm³/mol. The highest BCUT2D eigenvalue weighted by Crippen LogP contribution is 2.19. The van der Waals surface area contributed by atoms with Crippen molar-refractivity contribution < 1.29 is 19.1 Å². The van der Waals surface area contributed by atoms with E-state index in [0.717, 1.165) is 0 Å². The number of carbonyl (C=O) groups excluding carboxylic acids is 2. The fourth-order valence-electron chi connectivity index (χ4n) is 1.03. The van der Waals surface area contributed by atoms with Crippen molar-refractivity contribution in [1.29, 1.82) is 0 Å². The minimum absolute atomic E-state index is 0.304. The zero-order valence-corrected chi connectivity index (χ0v) is 10.2. The Bertz CT molecular complexity index is 205. The molecule has 0 aliphatic carbocycles. The summed E-state index contributed by atoms with van der Waals surface area (Å²) in [5, 5.41) is 0. The van der Waals surface area contributed by atoms with Gasteiger partial charge in [0, 0.05) is 0 Å². The van der Waals surface area contributed by atoms with Crippen LogP contribution in [0.25, 0.3) is 0 Å². The maximum Gasteiger partial charge on any atom is 0.320 e. The molecule has 0 aliphatic heterocycles. The van der Waals surface area contributed by atoms with Crippen LogP contribution in [0.5, 0.6) is 0 Å². The molecule has 0 aromatic heterocycles. The molecule has 0 unspecified atom stereocenters. The van der Waals surface area contributed by atoms with E-state index in [1.54, 1.807) is 6.92 Å². The van der Waals surface area contributed by atoms with Crippen molar-refractivity contribution in [3.8, 4) is 0 Å². The third-order valence-electron chi connectivity index (χ3n) is 1.81. The predicted octanol–water partition coefficient (Wildman–Crippen LogP) is 1.51. The molecule has 0 amide bonds. The van der Waals surface area contributed by atoms with Gasteiger partial charge in [-0.05, 0) is 13.3 Å². The van der Waals surface area contributed by atoms with Crippen molar-refractivity contribution in [2.24, 2.45) is 5.92 Å². The minimum atomic E-state index is -0.625. The third-order valence-corrected chi connectivity index (χ3v) is 2.82. The molecule has 0 fully saturated rings. The highest BCUT2D eigenvalue weighted by molar-refractivity contribution is 9.10. The van der Waals surface area contributed by atoms with Crippen LogP contribution in [0.1, 0.15) is 20.3 Å². The van der Waals surface area contributed by atoms with Gasteiger partial charge in [-0.15, -0.1) is 0 Å². The minimum Gasteiger partial charge on any atom is -0.469 e. The summed E-state index contributed by atoms with van der Waals surface area (Å²) in [5.74, 6) is -1.31. The summed E-state index contributed by atoms with van der Waals surface area (Å²) < 4.78 is 9.36. The largest absolute Gasteiger partial charge is 0.469 e. The number of hydrogen-bond donors (Lipinski definition) is 0. The van der Waals surface area contributed by atoms with Gasteiger partial charge < -0.3 is 9.47 Å². The van der Waals surface area contributed by atoms with Crippen LogP contribution in [0.4, 0.5) is 0 Å². The number of rotatable bonds is 5. The number of halogens is 1. The Morgan fingerprint density at radius 2 is 1.86 bits per heavy atom. The molecule has 0 spiro atoms. The van der Waals surface area contributed by atoms with E-state index in [1.165, 1.54) is 7.11 Å². The van der Waals surface area contributed by atoms with Crippen LogP contribution < -0.4 is 0 Å². The summed E-state index contributed by atoms with van der Waals surface area (Å²) in [6.45, 7) is 3.84. The van der Waals surface area contributed by atoms with Crippen molar-refractivity contribution in [2.75, 3.05) is 13.7 Å². The Morgan fingerprint density at radius 3 is 2.21 bits per heavy atom. The highest BCUT2D eigenvalue weighted by atomic mass is 79.9. The molecule has 82 valence electrons. The lowest BCUT2D eigenvalue weighted by molar-refractivity contribution is -0.152. The second-order valence-electron chi connectivity index (χ2n) is 2.69. The first-order valence-corrected chi connectivity index (χ1v) is 5.38. The van der Waals surface area contributed by atoms with E-state index in [4.69, 9.17) is 4.74 Å². The molecule has 14 heavy (non-hydrogen) atoms. The molecule has 0 aliphatic rings. The maximum atomic E-state index is 11.3. The van der Waals surface area contributed by atoms with Gasteiger partial charge >= 0.3 is 11.9 Å². The Kier molecular flexibility index (Phi) is 6.53. The molecule has 0 aromatic carbocycles. The van der Waals surface area contributed by atoms with E-state index >= 15 is 0 Å². The first-order valence-electron chi connectivity index (χ1n) is 4.46. The van der Waals surface area contributed by atoms with Crippen LogP contribution >= 0.6 is 15.9 Å². The van der Waals surface area contributed by atoms with E-state index in [-0.39, 0.29) is 0 Å². The summed E-state index contributed by atoms with van der Waals surface area (Å²) in [4.78, 5) is 21.9. The molecule has 0 bridgehead atoms. The van der Waals surface area contributed by atoms with E-state index < -0.39 is 22.7 Å². The number of hydrogen-bond acceptors (Lipinski definition) is 4. The summed E-state index contributed by atoms with van der Waals surface area (Å²) in [7, 11) is 1.30. The van der Waals surface area contributed by atoms with Gasteiger partial charge in [-0.2, -0.15) is 0 Å². The van der Waals surface area contributed by atoms with E-state index in [9.17, 15) is 9.59 Å². The highest BCUT2D eigenvalue weighted by Gasteiger charge is 2.31. The van der Waals surface area contributed by atoms with Gasteiger partial charge in [0.2, 0.25) is 0 Å². The van der Waals surface area contributed by atoms with Crippen molar-refractivity contribution in [3.05, 3.63) is 0 Å². The van der Waals surface area contributed by atoms with E-state index in [2.05, 4.69) is 20.7 Å². The quantitative estimate of drug-likeness (QED) is 0.559. The molecule has 0 rings (SSSR count). The number of ether oxygens (including phenoxy) is 2. The summed E-state index contributed by atoms with van der Waals surface area (Å²) >= 11 is 3.14. The van der Waals surface area contributed by atoms with Gasteiger partial charge in [-0.3, -0.25) is 9.59 Å². The molecular formula is C9H15BrO4. The van der Waals surface area contributed by atoms with Crippen LogP contribution in [-0.4, -0.2) is 30.5 Å². The smallest absolute Gasteiger partial charge is 0.320 e. The van der Waals surface area contributed by atoms with E-state index in [1.807, 2.05) is 6.92 Å². The van der Waals surface area contributed by atoms with Gasteiger partial charge in [0.05, 0.1) is 19.6 Å². The lowest BCUT2D eigenvalue weighted by Crippen LogP contribution is -2.32. The Labute approximate surface area is 92.1 Å². The molecule has 0 N–H and O–H groups in total. The van der Waals surface area contributed by atoms with Gasteiger partial charge in [-0.25, -0.2) is 0 Å². The molecule has 0 saturated heterocycles. The van der Waals surface area contributed by atoms with Gasteiger partial charge in [0.1, 0.15) is 4.83 Å². The molecule has 0 aromatic rings. The summed E-state index contributed by atoms with van der Waals surface area (Å²) in [6.07, 6.45) is 0.529. The fraction of sp³-hybridized carbons (Fsp3) is 0.778. The average molecular weight is 267 g/mol. The molecule has 0 heterocycles. The number of methoxy groups -OCH3 is 1. The van der Waals surface area contributed by atoms with Gasteiger partial charge in [-0.1, -0.05) is 22.9 Å². The molecule has 0 saturated carbocycles. The topological polar surface area (TPSA) is 52.6 Å². The summed E-state index contributed by atoms with van der Waals surface area (Å²) in [6, 6.07) is 0. The zero-order valence-electron chi connectivity index (χ0n) is 8.58. The van der Waals surface area contributed by atoms with Crippen LogP contribution in [-0.2, 0) is 19.1 Å². The van der Waals surface area contributed by atoms with Crippen molar-refractivity contribution in [1.82, 2.24) is 0 Å². The average Bonchev–Trinajstić information content (AvgIpc) is 2.18. The fourth-order valence-corrected chi connectivity index (χ4v) is 1.75. The Balaban J connectivity index is 4.37. The van der Waals surface area contributed by atoms with Crippen molar-refractivity contribution in [3.63, 3.8) is 0 Å². The monoisotopic (exact) mass is 266 g/mol. The Hall–Kier alpha value is -0.580. The summed E-state index contributed by atoms with van der Waals surface area (Å²) in [5.41, 5.74) is 0. The normalized spacial score (nSPS) is 14.3.